The normalized spacial score (nSPS) is 11.2. The number of carbonyl (C=O) groups excluding carboxylic acids is 1. The predicted molar refractivity (Wildman–Crippen MR) is 141 cm³/mol. The highest BCUT2D eigenvalue weighted by Gasteiger charge is 2.30. The van der Waals surface area contributed by atoms with Gasteiger partial charge in [0.05, 0.1) is 5.56 Å². The van der Waals surface area contributed by atoms with Crippen molar-refractivity contribution in [2.75, 3.05) is 22.9 Å². The van der Waals surface area contributed by atoms with E-state index >= 15 is 0 Å². The summed E-state index contributed by atoms with van der Waals surface area (Å²) in [5, 5.41) is 6.21. The number of nitrogens with zero attached hydrogens (tertiary/aromatic N) is 1. The Morgan fingerprint density at radius 1 is 0.919 bits per heavy atom. The maximum atomic E-state index is 13.2. The Hall–Kier alpha value is -4.33. The molecule has 0 saturated heterocycles. The van der Waals surface area contributed by atoms with Crippen LogP contribution >= 0.6 is 0 Å². The zero-order valence-electron chi connectivity index (χ0n) is 20.3. The van der Waals surface area contributed by atoms with Crippen LogP contribution in [0.25, 0.3) is 11.1 Å². The van der Waals surface area contributed by atoms with Gasteiger partial charge in [0.1, 0.15) is 5.82 Å². The molecule has 37 heavy (non-hydrogen) atoms. The molecular formula is C29H27F3N4O. The molecular weight excluding hydrogens is 477 g/mol. The number of hydrogen-bond donors (Lipinski definition) is 3. The summed E-state index contributed by atoms with van der Waals surface area (Å²) in [4.78, 5) is 17.5. The molecule has 1 aromatic heterocycles. The molecule has 5 nitrogen and oxygen atoms in total. The van der Waals surface area contributed by atoms with Crippen LogP contribution < -0.4 is 16.4 Å². The standard InChI is InChI=1S/C29H27F3N4O/c1-2-19-6-15-25(20-7-9-21(10-8-20)29(30,31)32)26(18-19)28(37)36-24-13-11-22(12-14-24)34-17-16-23-4-3-5-27(33)35-23/h3-15,18,34H,2,16-17H2,1H3,(H2,33,35)(H,36,37). The number of nitrogens with two attached hydrogens (primary N) is 1. The monoisotopic (exact) mass is 504 g/mol. The molecule has 1 amide bonds. The molecule has 0 aliphatic carbocycles. The fraction of sp³-hybridized carbons (Fsp3) is 0.172. The fourth-order valence-corrected chi connectivity index (χ4v) is 3.93. The van der Waals surface area contributed by atoms with E-state index in [2.05, 4.69) is 15.6 Å². The third kappa shape index (κ3) is 6.67. The molecule has 190 valence electrons. The summed E-state index contributed by atoms with van der Waals surface area (Å²) in [6.45, 7) is 2.64. The molecule has 0 fully saturated rings. The van der Waals surface area contributed by atoms with Crippen LogP contribution in [0, 0.1) is 0 Å². The number of hydrogen-bond acceptors (Lipinski definition) is 4. The Morgan fingerprint density at radius 2 is 1.62 bits per heavy atom. The van der Waals surface area contributed by atoms with Gasteiger partial charge in [0, 0.05) is 35.6 Å². The van der Waals surface area contributed by atoms with Crippen molar-refractivity contribution < 1.29 is 18.0 Å². The van der Waals surface area contributed by atoms with Gasteiger partial charge >= 0.3 is 6.18 Å². The minimum Gasteiger partial charge on any atom is -0.385 e. The van der Waals surface area contributed by atoms with Crippen LogP contribution in [0.15, 0.2) is 84.9 Å². The summed E-state index contributed by atoms with van der Waals surface area (Å²) in [6.07, 6.45) is -2.98. The van der Waals surface area contributed by atoms with E-state index in [1.54, 1.807) is 30.3 Å². The number of amides is 1. The van der Waals surface area contributed by atoms with Gasteiger partial charge in [0.25, 0.3) is 5.91 Å². The lowest BCUT2D eigenvalue weighted by Gasteiger charge is -2.14. The first-order valence-corrected chi connectivity index (χ1v) is 11.9. The Balaban J connectivity index is 1.46. The van der Waals surface area contributed by atoms with Crippen molar-refractivity contribution in [2.45, 2.75) is 25.9 Å². The van der Waals surface area contributed by atoms with E-state index in [1.165, 1.54) is 12.1 Å². The molecule has 0 aliphatic heterocycles. The zero-order valence-corrected chi connectivity index (χ0v) is 20.3. The summed E-state index contributed by atoms with van der Waals surface area (Å²) in [7, 11) is 0. The third-order valence-corrected chi connectivity index (χ3v) is 5.94. The van der Waals surface area contributed by atoms with Crippen molar-refractivity contribution in [1.29, 1.82) is 0 Å². The molecule has 0 spiro atoms. The second-order valence-electron chi connectivity index (χ2n) is 8.57. The van der Waals surface area contributed by atoms with E-state index in [-0.39, 0.29) is 5.91 Å². The van der Waals surface area contributed by atoms with E-state index in [1.807, 2.05) is 37.3 Å². The molecule has 1 heterocycles. The third-order valence-electron chi connectivity index (χ3n) is 5.94. The number of rotatable bonds is 8. The number of benzene rings is 3. The summed E-state index contributed by atoms with van der Waals surface area (Å²) >= 11 is 0. The molecule has 8 heteroatoms. The van der Waals surface area contributed by atoms with Crippen LogP contribution in [0.4, 0.5) is 30.4 Å². The molecule has 0 unspecified atom stereocenters. The van der Waals surface area contributed by atoms with Crippen LogP contribution in [-0.4, -0.2) is 17.4 Å². The van der Waals surface area contributed by atoms with Crippen molar-refractivity contribution >= 4 is 23.1 Å². The number of nitrogens with one attached hydrogen (secondary N) is 2. The first-order chi connectivity index (χ1) is 17.7. The SMILES string of the molecule is CCc1ccc(-c2ccc(C(F)(F)F)cc2)c(C(=O)Nc2ccc(NCCc3cccc(N)n3)cc2)c1. The van der Waals surface area contributed by atoms with Crippen LogP contribution in [0.3, 0.4) is 0 Å². The Labute approximate surface area is 213 Å². The first-order valence-electron chi connectivity index (χ1n) is 11.9. The predicted octanol–water partition coefficient (Wildman–Crippen LogP) is 6.82. The number of nitrogen functional groups attached to an aromatic ring is 1. The van der Waals surface area contributed by atoms with E-state index in [0.29, 0.717) is 41.2 Å². The first kappa shape index (κ1) is 25.8. The maximum Gasteiger partial charge on any atom is 0.416 e. The Morgan fingerprint density at radius 3 is 2.27 bits per heavy atom. The molecule has 4 rings (SSSR count). The lowest BCUT2D eigenvalue weighted by Crippen LogP contribution is -2.14. The highest BCUT2D eigenvalue weighted by Crippen LogP contribution is 2.32. The molecule has 4 N–H and O–H groups in total. The van der Waals surface area contributed by atoms with Gasteiger partial charge in [0.2, 0.25) is 0 Å². The van der Waals surface area contributed by atoms with Crippen molar-refractivity contribution in [1.82, 2.24) is 4.98 Å². The number of carbonyl (C=O) groups is 1. The second-order valence-corrected chi connectivity index (χ2v) is 8.57. The molecule has 3 aromatic carbocycles. The van der Waals surface area contributed by atoms with Gasteiger partial charge in [-0.1, -0.05) is 37.3 Å². The second kappa shape index (κ2) is 11.2. The molecule has 0 bridgehead atoms. The Bertz CT molecular complexity index is 1370. The minimum absolute atomic E-state index is 0.335. The van der Waals surface area contributed by atoms with Crippen LogP contribution in [-0.2, 0) is 19.0 Å². The van der Waals surface area contributed by atoms with Gasteiger partial charge in [-0.25, -0.2) is 4.98 Å². The van der Waals surface area contributed by atoms with Gasteiger partial charge in [-0.2, -0.15) is 13.2 Å². The number of aromatic nitrogens is 1. The minimum atomic E-state index is -4.42. The maximum absolute atomic E-state index is 13.2. The van der Waals surface area contributed by atoms with Crippen molar-refractivity contribution in [2.24, 2.45) is 0 Å². The number of anilines is 3. The van der Waals surface area contributed by atoms with Gasteiger partial charge in [-0.3, -0.25) is 4.79 Å². The van der Waals surface area contributed by atoms with Crippen LogP contribution in [0.5, 0.6) is 0 Å². The number of pyridine rings is 1. The summed E-state index contributed by atoms with van der Waals surface area (Å²) in [5.41, 5.74) is 9.83. The molecule has 0 aliphatic rings. The topological polar surface area (TPSA) is 80.0 Å². The highest BCUT2D eigenvalue weighted by molar-refractivity contribution is 6.09. The summed E-state index contributed by atoms with van der Waals surface area (Å²) in [6, 6.07) is 23.1. The quantitative estimate of drug-likeness (QED) is 0.246. The van der Waals surface area contributed by atoms with Crippen molar-refractivity contribution in [3.05, 3.63) is 107 Å². The summed E-state index contributed by atoms with van der Waals surface area (Å²) < 4.78 is 39.0. The van der Waals surface area contributed by atoms with E-state index in [0.717, 1.165) is 35.5 Å². The van der Waals surface area contributed by atoms with Gasteiger partial charge in [-0.05, 0) is 77.7 Å². The molecule has 0 saturated carbocycles. The van der Waals surface area contributed by atoms with Gasteiger partial charge in [-0.15, -0.1) is 0 Å². The van der Waals surface area contributed by atoms with Gasteiger partial charge < -0.3 is 16.4 Å². The zero-order chi connectivity index (χ0) is 26.4. The average Bonchev–Trinajstić information content (AvgIpc) is 2.89. The van der Waals surface area contributed by atoms with E-state index in [4.69, 9.17) is 5.73 Å². The van der Waals surface area contributed by atoms with Crippen molar-refractivity contribution in [3.63, 3.8) is 0 Å². The number of aryl methyl sites for hydroxylation is 1. The molecule has 0 radical (unpaired) electrons. The average molecular weight is 505 g/mol. The fourth-order valence-electron chi connectivity index (χ4n) is 3.93. The number of alkyl halides is 3. The van der Waals surface area contributed by atoms with Crippen LogP contribution in [0.2, 0.25) is 0 Å². The van der Waals surface area contributed by atoms with Gasteiger partial charge in [0.15, 0.2) is 0 Å². The lowest BCUT2D eigenvalue weighted by molar-refractivity contribution is -0.137. The lowest BCUT2D eigenvalue weighted by atomic mass is 9.95. The van der Waals surface area contributed by atoms with E-state index < -0.39 is 11.7 Å². The van der Waals surface area contributed by atoms with Crippen molar-refractivity contribution in [3.8, 4) is 11.1 Å². The largest absolute Gasteiger partial charge is 0.416 e. The highest BCUT2D eigenvalue weighted by atomic mass is 19.4. The van der Waals surface area contributed by atoms with E-state index in [9.17, 15) is 18.0 Å². The molecule has 4 aromatic rings. The molecule has 0 atom stereocenters. The summed E-state index contributed by atoms with van der Waals surface area (Å²) in [5.74, 6) is 0.155. The Kier molecular flexibility index (Phi) is 7.77. The smallest absolute Gasteiger partial charge is 0.385 e. The van der Waals surface area contributed by atoms with Crippen LogP contribution in [0.1, 0.15) is 34.1 Å². The number of halogens is 3.